The smallest absolute Gasteiger partial charge is 0.0331 e. The highest BCUT2D eigenvalue weighted by molar-refractivity contribution is 5.47. The molecule has 0 bridgehead atoms. The Balaban J connectivity index is 2.19. The first-order valence-electron chi connectivity index (χ1n) is 4.89. The molecule has 0 radical (unpaired) electrons. The van der Waals surface area contributed by atoms with Crippen LogP contribution in [0.25, 0.3) is 0 Å². The van der Waals surface area contributed by atoms with Crippen molar-refractivity contribution in [2.45, 2.75) is 13.3 Å². The van der Waals surface area contributed by atoms with E-state index in [-0.39, 0.29) is 0 Å². The molecule has 13 heavy (non-hydrogen) atoms. The molecule has 2 nitrogen and oxygen atoms in total. The first-order chi connectivity index (χ1) is 6.38. The van der Waals surface area contributed by atoms with Gasteiger partial charge in [-0.05, 0) is 36.6 Å². The summed E-state index contributed by atoms with van der Waals surface area (Å²) in [7, 11) is 0. The summed E-state index contributed by atoms with van der Waals surface area (Å²) in [5.41, 5.74) is 4.29. The van der Waals surface area contributed by atoms with E-state index in [1.807, 2.05) is 0 Å². The Kier molecular flexibility index (Phi) is 2.50. The van der Waals surface area contributed by atoms with Crippen LogP contribution in [0.3, 0.4) is 0 Å². The predicted octanol–water partition coefficient (Wildman–Crippen LogP) is 1.34. The molecule has 2 aliphatic heterocycles. The van der Waals surface area contributed by atoms with E-state index in [2.05, 4.69) is 35.9 Å². The summed E-state index contributed by atoms with van der Waals surface area (Å²) in [5.74, 6) is 0. The van der Waals surface area contributed by atoms with Gasteiger partial charge in [-0.25, -0.2) is 0 Å². The monoisotopic (exact) mass is 176 g/mol. The molecule has 2 heterocycles. The van der Waals surface area contributed by atoms with Crippen LogP contribution in [0.5, 0.6) is 0 Å². The zero-order chi connectivity index (χ0) is 9.10. The number of hydrogen-bond acceptors (Lipinski definition) is 2. The second-order valence-corrected chi connectivity index (χ2v) is 3.54. The first-order valence-corrected chi connectivity index (χ1v) is 4.89. The van der Waals surface area contributed by atoms with Crippen molar-refractivity contribution in [2.24, 2.45) is 0 Å². The maximum Gasteiger partial charge on any atom is 0.0331 e. The second-order valence-electron chi connectivity index (χ2n) is 3.54. The number of hydrogen-bond donors (Lipinski definition) is 2. The van der Waals surface area contributed by atoms with E-state index in [9.17, 15) is 0 Å². The van der Waals surface area contributed by atoms with Gasteiger partial charge in [0.2, 0.25) is 0 Å². The van der Waals surface area contributed by atoms with Crippen molar-refractivity contribution in [3.63, 3.8) is 0 Å². The van der Waals surface area contributed by atoms with Crippen LogP contribution in [-0.4, -0.2) is 19.6 Å². The summed E-state index contributed by atoms with van der Waals surface area (Å²) >= 11 is 0. The summed E-state index contributed by atoms with van der Waals surface area (Å²) in [6.45, 7) is 5.28. The molecule has 0 atom stereocenters. The highest BCUT2D eigenvalue weighted by Gasteiger charge is 2.11. The largest absolute Gasteiger partial charge is 0.387 e. The van der Waals surface area contributed by atoms with Gasteiger partial charge in [-0.3, -0.25) is 0 Å². The molecule has 2 rings (SSSR count). The lowest BCUT2D eigenvalue weighted by atomic mass is 9.94. The highest BCUT2D eigenvalue weighted by atomic mass is 14.9. The van der Waals surface area contributed by atoms with E-state index in [4.69, 9.17) is 0 Å². The lowest BCUT2D eigenvalue weighted by molar-refractivity contribution is 0.706. The molecule has 2 heteroatoms. The van der Waals surface area contributed by atoms with Gasteiger partial charge < -0.3 is 10.6 Å². The fraction of sp³-hybridized carbons (Fsp3) is 0.455. The maximum atomic E-state index is 3.33. The molecule has 0 aliphatic carbocycles. The molecular weight excluding hydrogens is 160 g/mol. The Morgan fingerprint density at radius 1 is 1.23 bits per heavy atom. The first kappa shape index (κ1) is 8.57. The second kappa shape index (κ2) is 3.79. The van der Waals surface area contributed by atoms with Gasteiger partial charge in [0.15, 0.2) is 0 Å². The van der Waals surface area contributed by atoms with Crippen LogP contribution >= 0.6 is 0 Å². The van der Waals surface area contributed by atoms with Crippen molar-refractivity contribution in [1.29, 1.82) is 0 Å². The number of rotatable bonds is 1. The summed E-state index contributed by atoms with van der Waals surface area (Å²) in [4.78, 5) is 0. The molecule has 0 saturated heterocycles. The molecule has 0 amide bonds. The van der Waals surface area contributed by atoms with Crippen LogP contribution in [0, 0.1) is 0 Å². The summed E-state index contributed by atoms with van der Waals surface area (Å²) in [6, 6.07) is 0. The average molecular weight is 176 g/mol. The molecule has 2 aliphatic rings. The average Bonchev–Trinajstić information content (AvgIpc) is 2.20. The fourth-order valence-corrected chi connectivity index (χ4v) is 1.81. The normalized spacial score (nSPS) is 22.7. The van der Waals surface area contributed by atoms with Crippen molar-refractivity contribution in [3.8, 4) is 0 Å². The van der Waals surface area contributed by atoms with Crippen molar-refractivity contribution in [2.75, 3.05) is 19.6 Å². The van der Waals surface area contributed by atoms with Gasteiger partial charge in [-0.2, -0.15) is 0 Å². The van der Waals surface area contributed by atoms with Crippen LogP contribution in [0.15, 0.2) is 35.1 Å². The van der Waals surface area contributed by atoms with Crippen LogP contribution in [0.2, 0.25) is 0 Å². The van der Waals surface area contributed by atoms with E-state index in [0.29, 0.717) is 0 Å². The molecule has 70 valence electrons. The van der Waals surface area contributed by atoms with E-state index in [0.717, 1.165) is 26.1 Å². The number of allylic oxidation sites excluding steroid dienone is 2. The van der Waals surface area contributed by atoms with Crippen LogP contribution in [0.4, 0.5) is 0 Å². The van der Waals surface area contributed by atoms with Gasteiger partial charge in [0.25, 0.3) is 0 Å². The zero-order valence-electron chi connectivity index (χ0n) is 8.06. The van der Waals surface area contributed by atoms with Crippen LogP contribution in [-0.2, 0) is 0 Å². The third-order valence-electron chi connectivity index (χ3n) is 2.61. The maximum absolute atomic E-state index is 3.33. The highest BCUT2D eigenvalue weighted by Crippen LogP contribution is 2.23. The molecule has 0 aromatic heterocycles. The molecule has 0 saturated carbocycles. The molecule has 0 fully saturated rings. The van der Waals surface area contributed by atoms with E-state index < -0.39 is 0 Å². The Morgan fingerprint density at radius 2 is 2.15 bits per heavy atom. The van der Waals surface area contributed by atoms with Gasteiger partial charge in [0.1, 0.15) is 0 Å². The topological polar surface area (TPSA) is 24.1 Å². The van der Waals surface area contributed by atoms with Crippen molar-refractivity contribution in [1.82, 2.24) is 10.6 Å². The lowest BCUT2D eigenvalue weighted by Crippen LogP contribution is -2.22. The van der Waals surface area contributed by atoms with Crippen molar-refractivity contribution < 1.29 is 0 Å². The Bertz CT molecular complexity index is 284. The minimum atomic E-state index is 0.973. The van der Waals surface area contributed by atoms with Crippen LogP contribution in [0.1, 0.15) is 13.3 Å². The SMILES string of the molecule is CC1=CCNC=C1C1=CCNCC1. The van der Waals surface area contributed by atoms with Crippen LogP contribution < -0.4 is 10.6 Å². The predicted molar refractivity (Wildman–Crippen MR) is 55.4 cm³/mol. The molecule has 0 spiro atoms. The van der Waals surface area contributed by atoms with Crippen molar-refractivity contribution in [3.05, 3.63) is 35.1 Å². The van der Waals surface area contributed by atoms with Crippen molar-refractivity contribution >= 4 is 0 Å². The molecule has 0 aromatic carbocycles. The van der Waals surface area contributed by atoms with Gasteiger partial charge in [0, 0.05) is 19.3 Å². The Labute approximate surface area is 79.4 Å². The minimum absolute atomic E-state index is 0.973. The third kappa shape index (κ3) is 1.83. The summed E-state index contributed by atoms with van der Waals surface area (Å²) in [6.07, 6.45) is 7.84. The number of nitrogens with one attached hydrogen (secondary N) is 2. The van der Waals surface area contributed by atoms with Gasteiger partial charge in [-0.15, -0.1) is 0 Å². The minimum Gasteiger partial charge on any atom is -0.387 e. The van der Waals surface area contributed by atoms with E-state index in [1.165, 1.54) is 16.7 Å². The van der Waals surface area contributed by atoms with E-state index in [1.54, 1.807) is 0 Å². The molecule has 2 N–H and O–H groups in total. The Morgan fingerprint density at radius 3 is 2.85 bits per heavy atom. The fourth-order valence-electron chi connectivity index (χ4n) is 1.81. The standard InChI is InChI=1S/C11H16N2/c1-9-2-5-13-8-11(9)10-3-6-12-7-4-10/h2-3,8,12-13H,4-7H2,1H3. The molecule has 0 aromatic rings. The molecule has 0 unspecified atom stereocenters. The van der Waals surface area contributed by atoms with Gasteiger partial charge in [0.05, 0.1) is 0 Å². The number of dihydropyridines is 1. The lowest BCUT2D eigenvalue weighted by Gasteiger charge is -2.20. The van der Waals surface area contributed by atoms with Gasteiger partial charge in [-0.1, -0.05) is 12.2 Å². The Hall–Kier alpha value is -1.02. The summed E-state index contributed by atoms with van der Waals surface area (Å²) in [5, 5.41) is 6.59. The van der Waals surface area contributed by atoms with E-state index >= 15 is 0 Å². The van der Waals surface area contributed by atoms with Gasteiger partial charge >= 0.3 is 0 Å². The zero-order valence-corrected chi connectivity index (χ0v) is 8.06. The third-order valence-corrected chi connectivity index (χ3v) is 2.61. The quantitative estimate of drug-likeness (QED) is 0.630. The molecular formula is C11H16N2. The summed E-state index contributed by atoms with van der Waals surface area (Å²) < 4.78 is 0.